The fourth-order valence-electron chi connectivity index (χ4n) is 2.93. The molecule has 0 spiro atoms. The van der Waals surface area contributed by atoms with E-state index in [2.05, 4.69) is 31.5 Å². The maximum Gasteiger partial charge on any atom is 0.172 e. The number of rotatable bonds is 2. The van der Waals surface area contributed by atoms with Gasteiger partial charge in [-0.1, -0.05) is 6.07 Å². The van der Waals surface area contributed by atoms with Crippen LogP contribution in [0.4, 0.5) is 11.6 Å². The van der Waals surface area contributed by atoms with Gasteiger partial charge in [0.1, 0.15) is 0 Å². The molecule has 0 atom stereocenters. The standard InChI is InChI=1S/C16H19N7/c1-10-12-8-11(2-3-13(12)22-21-10)14-9-19-15(17)16(20-14)23-6-4-18-5-7-23/h2-3,8-9,18H,4-7H2,1H3,(H2,17,19)(H,21,22). The number of hydrogen-bond acceptors (Lipinski definition) is 6. The van der Waals surface area contributed by atoms with Crippen LogP contribution in [0.3, 0.4) is 0 Å². The first-order chi connectivity index (χ1) is 11.2. The summed E-state index contributed by atoms with van der Waals surface area (Å²) in [6.45, 7) is 5.67. The number of piperazine rings is 1. The van der Waals surface area contributed by atoms with Crippen molar-refractivity contribution in [1.82, 2.24) is 25.5 Å². The van der Waals surface area contributed by atoms with Crippen LogP contribution in [-0.4, -0.2) is 46.3 Å². The van der Waals surface area contributed by atoms with E-state index in [4.69, 9.17) is 10.7 Å². The molecule has 2 aromatic heterocycles. The van der Waals surface area contributed by atoms with Crippen LogP contribution in [-0.2, 0) is 0 Å². The van der Waals surface area contributed by atoms with Gasteiger partial charge in [0.2, 0.25) is 0 Å². The van der Waals surface area contributed by atoms with Crippen LogP contribution in [0.25, 0.3) is 22.2 Å². The van der Waals surface area contributed by atoms with E-state index in [-0.39, 0.29) is 0 Å². The lowest BCUT2D eigenvalue weighted by Crippen LogP contribution is -2.44. The van der Waals surface area contributed by atoms with Crippen molar-refractivity contribution in [3.05, 3.63) is 30.1 Å². The normalized spacial score (nSPS) is 15.3. The molecule has 7 heteroatoms. The molecule has 1 aliphatic heterocycles. The summed E-state index contributed by atoms with van der Waals surface area (Å²) in [5, 5.41) is 11.7. The van der Waals surface area contributed by atoms with E-state index in [1.165, 1.54) is 0 Å². The van der Waals surface area contributed by atoms with Crippen molar-refractivity contribution in [2.45, 2.75) is 6.92 Å². The maximum atomic E-state index is 6.05. The van der Waals surface area contributed by atoms with Gasteiger partial charge in [0.05, 0.1) is 17.4 Å². The Morgan fingerprint density at radius 2 is 2.04 bits per heavy atom. The third-order valence-corrected chi connectivity index (χ3v) is 4.24. The van der Waals surface area contributed by atoms with Crippen molar-refractivity contribution in [1.29, 1.82) is 0 Å². The Bertz CT molecular complexity index is 849. The number of nitrogens with zero attached hydrogens (tertiary/aromatic N) is 4. The average molecular weight is 309 g/mol. The first kappa shape index (κ1) is 14.0. The molecule has 0 saturated carbocycles. The number of aromatic nitrogens is 4. The summed E-state index contributed by atoms with van der Waals surface area (Å²) in [5.41, 5.74) is 9.90. The van der Waals surface area contributed by atoms with Crippen LogP contribution >= 0.6 is 0 Å². The SMILES string of the molecule is Cc1[nH]nc2ccc(-c3cnc(N)c(N4CCNCC4)n3)cc12. The second-order valence-corrected chi connectivity index (χ2v) is 5.78. The molecule has 4 N–H and O–H groups in total. The lowest BCUT2D eigenvalue weighted by atomic mass is 10.1. The number of H-pyrrole nitrogens is 1. The highest BCUT2D eigenvalue weighted by Gasteiger charge is 2.17. The van der Waals surface area contributed by atoms with E-state index in [9.17, 15) is 0 Å². The first-order valence-electron chi connectivity index (χ1n) is 7.75. The lowest BCUT2D eigenvalue weighted by molar-refractivity contribution is 0.585. The van der Waals surface area contributed by atoms with E-state index in [0.717, 1.165) is 59.9 Å². The van der Waals surface area contributed by atoms with E-state index in [1.54, 1.807) is 6.20 Å². The zero-order chi connectivity index (χ0) is 15.8. The molecule has 0 amide bonds. The van der Waals surface area contributed by atoms with E-state index < -0.39 is 0 Å². The minimum Gasteiger partial charge on any atom is -0.381 e. The van der Waals surface area contributed by atoms with Gasteiger partial charge >= 0.3 is 0 Å². The molecule has 1 saturated heterocycles. The Morgan fingerprint density at radius 1 is 1.22 bits per heavy atom. The van der Waals surface area contributed by atoms with Crippen LogP contribution in [0.1, 0.15) is 5.69 Å². The third kappa shape index (κ3) is 2.49. The predicted molar refractivity (Wildman–Crippen MR) is 91.4 cm³/mol. The van der Waals surface area contributed by atoms with Crippen LogP contribution in [0.5, 0.6) is 0 Å². The number of hydrogen-bond donors (Lipinski definition) is 3. The fourth-order valence-corrected chi connectivity index (χ4v) is 2.93. The van der Waals surface area contributed by atoms with Gasteiger partial charge in [0.25, 0.3) is 0 Å². The molecule has 0 unspecified atom stereocenters. The van der Waals surface area contributed by atoms with Crippen LogP contribution in [0, 0.1) is 6.92 Å². The highest BCUT2D eigenvalue weighted by Crippen LogP contribution is 2.27. The van der Waals surface area contributed by atoms with Crippen molar-refractivity contribution >= 4 is 22.5 Å². The second-order valence-electron chi connectivity index (χ2n) is 5.78. The third-order valence-electron chi connectivity index (χ3n) is 4.24. The summed E-state index contributed by atoms with van der Waals surface area (Å²) in [4.78, 5) is 11.3. The summed E-state index contributed by atoms with van der Waals surface area (Å²) < 4.78 is 0. The minimum absolute atomic E-state index is 0.483. The Balaban J connectivity index is 1.76. The fraction of sp³-hybridized carbons (Fsp3) is 0.312. The molecule has 118 valence electrons. The van der Waals surface area contributed by atoms with Crippen molar-refractivity contribution in [2.75, 3.05) is 36.8 Å². The van der Waals surface area contributed by atoms with E-state index in [0.29, 0.717) is 5.82 Å². The Hall–Kier alpha value is -2.67. The first-order valence-corrected chi connectivity index (χ1v) is 7.75. The van der Waals surface area contributed by atoms with E-state index in [1.807, 2.05) is 19.1 Å². The van der Waals surface area contributed by atoms with Crippen LogP contribution in [0.2, 0.25) is 0 Å². The van der Waals surface area contributed by atoms with Crippen molar-refractivity contribution < 1.29 is 0 Å². The van der Waals surface area contributed by atoms with E-state index >= 15 is 0 Å². The summed E-state index contributed by atoms with van der Waals surface area (Å²) in [6.07, 6.45) is 1.73. The average Bonchev–Trinajstić information content (AvgIpc) is 2.97. The molecule has 4 rings (SSSR count). The Labute approximate surface area is 133 Å². The van der Waals surface area contributed by atoms with Gasteiger partial charge in [0.15, 0.2) is 11.6 Å². The summed E-state index contributed by atoms with van der Waals surface area (Å²) in [5.74, 6) is 1.25. The molecule has 1 fully saturated rings. The number of aryl methyl sites for hydroxylation is 1. The van der Waals surface area contributed by atoms with Crippen LogP contribution in [0.15, 0.2) is 24.4 Å². The van der Waals surface area contributed by atoms with Gasteiger partial charge in [-0.15, -0.1) is 0 Å². The minimum atomic E-state index is 0.483. The monoisotopic (exact) mass is 309 g/mol. The number of nitrogens with one attached hydrogen (secondary N) is 2. The topological polar surface area (TPSA) is 95.8 Å². The molecule has 7 nitrogen and oxygen atoms in total. The van der Waals surface area contributed by atoms with Gasteiger partial charge < -0.3 is 16.0 Å². The van der Waals surface area contributed by atoms with Gasteiger partial charge in [-0.3, -0.25) is 5.10 Å². The molecule has 0 bridgehead atoms. The van der Waals surface area contributed by atoms with Gasteiger partial charge in [-0.2, -0.15) is 5.10 Å². The van der Waals surface area contributed by atoms with Crippen molar-refractivity contribution in [3.8, 4) is 11.3 Å². The molecule has 1 aromatic carbocycles. The number of aromatic amines is 1. The smallest absolute Gasteiger partial charge is 0.172 e. The van der Waals surface area contributed by atoms with Crippen molar-refractivity contribution in [2.24, 2.45) is 0 Å². The molecule has 23 heavy (non-hydrogen) atoms. The highest BCUT2D eigenvalue weighted by molar-refractivity contribution is 5.86. The number of nitrogen functional groups attached to an aromatic ring is 1. The number of nitrogens with two attached hydrogens (primary N) is 1. The predicted octanol–water partition coefficient (Wildman–Crippen LogP) is 1.32. The molecular weight excluding hydrogens is 290 g/mol. The summed E-state index contributed by atoms with van der Waals surface area (Å²) in [6, 6.07) is 6.11. The highest BCUT2D eigenvalue weighted by atomic mass is 15.2. The largest absolute Gasteiger partial charge is 0.381 e. The summed E-state index contributed by atoms with van der Waals surface area (Å²) >= 11 is 0. The van der Waals surface area contributed by atoms with Crippen LogP contribution < -0.4 is 16.0 Å². The van der Waals surface area contributed by atoms with Gasteiger partial charge in [-0.05, 0) is 19.1 Å². The molecule has 1 aliphatic rings. The molecule has 0 aliphatic carbocycles. The molecular formula is C16H19N7. The Kier molecular flexibility index (Phi) is 3.34. The second kappa shape index (κ2) is 5.51. The number of anilines is 2. The number of benzene rings is 1. The Morgan fingerprint density at radius 3 is 2.87 bits per heavy atom. The molecule has 0 radical (unpaired) electrons. The zero-order valence-corrected chi connectivity index (χ0v) is 13.0. The quantitative estimate of drug-likeness (QED) is 0.661. The van der Waals surface area contributed by atoms with Gasteiger partial charge in [0, 0.05) is 42.8 Å². The zero-order valence-electron chi connectivity index (χ0n) is 13.0. The van der Waals surface area contributed by atoms with Crippen molar-refractivity contribution in [3.63, 3.8) is 0 Å². The molecule has 3 heterocycles. The number of fused-ring (bicyclic) bond motifs is 1. The summed E-state index contributed by atoms with van der Waals surface area (Å²) in [7, 11) is 0. The maximum absolute atomic E-state index is 6.05. The molecule has 3 aromatic rings. The lowest BCUT2D eigenvalue weighted by Gasteiger charge is -2.29. The van der Waals surface area contributed by atoms with Gasteiger partial charge in [-0.25, -0.2) is 9.97 Å².